The molecule has 6 aromatic carbocycles. The smallest absolute Gasteiger partial charge is 0.300 e. The number of benzene rings is 6. The number of carbonyl (C=O) groups is 1. The number of allylic oxidation sites excluding steroid dienone is 6. The second-order valence-corrected chi connectivity index (χ2v) is 14.9. The highest BCUT2D eigenvalue weighted by Crippen LogP contribution is 2.32. The molecule has 0 amide bonds. The molecule has 1 N–H and O–H groups in total. The summed E-state index contributed by atoms with van der Waals surface area (Å²) in [6.45, 7) is 1.08. The van der Waals surface area contributed by atoms with Gasteiger partial charge in [0.1, 0.15) is 0 Å². The number of rotatable bonds is 0. The van der Waals surface area contributed by atoms with Gasteiger partial charge in [0.15, 0.2) is 0 Å². The van der Waals surface area contributed by atoms with Crippen LogP contribution >= 0.6 is 11.6 Å². The fraction of sp³-hybridized carbons (Fsp3) is 0.125. The van der Waals surface area contributed by atoms with E-state index in [-0.39, 0.29) is 5.38 Å². The van der Waals surface area contributed by atoms with E-state index in [1.54, 1.807) is 0 Å². The molecule has 0 heterocycles. The second kappa shape index (κ2) is 22.5. The zero-order valence-electron chi connectivity index (χ0n) is 33.6. The van der Waals surface area contributed by atoms with Crippen LogP contribution in [-0.4, -0.2) is 11.1 Å². The fourth-order valence-corrected chi connectivity index (χ4v) is 7.45. The average Bonchev–Trinajstić information content (AvgIpc) is 4.14. The molecule has 0 radical (unpaired) electrons. The Hall–Kier alpha value is -6.48. The summed E-state index contributed by atoms with van der Waals surface area (Å²) in [6, 6.07) is 50.7. The van der Waals surface area contributed by atoms with Crippen LogP contribution < -0.4 is 0 Å². The van der Waals surface area contributed by atoms with Gasteiger partial charge in [0.25, 0.3) is 5.97 Å². The van der Waals surface area contributed by atoms with Crippen LogP contribution in [0.4, 0.5) is 0 Å². The quantitative estimate of drug-likeness (QED) is 0.156. The van der Waals surface area contributed by atoms with Crippen LogP contribution in [-0.2, 0) is 36.9 Å². The number of halogens is 1. The van der Waals surface area contributed by atoms with Crippen LogP contribution in [0.15, 0.2) is 182 Å². The zero-order chi connectivity index (χ0) is 41.1. The van der Waals surface area contributed by atoms with Crippen LogP contribution in [0.5, 0.6) is 0 Å². The Labute approximate surface area is 355 Å². The molecule has 6 aliphatic carbocycles. The van der Waals surface area contributed by atoms with Gasteiger partial charge in [-0.25, -0.2) is 0 Å². The van der Waals surface area contributed by atoms with Crippen molar-refractivity contribution in [1.82, 2.24) is 0 Å². The molecular weight excluding hydrogens is 740 g/mol. The maximum atomic E-state index is 9.00. The van der Waals surface area contributed by atoms with Crippen LogP contribution in [0.1, 0.15) is 79.1 Å². The predicted octanol–water partition coefficient (Wildman–Crippen LogP) is 14.4. The van der Waals surface area contributed by atoms with E-state index in [1.807, 2.05) is 18.2 Å². The molecule has 0 saturated heterocycles. The Kier molecular flexibility index (Phi) is 16.0. The fourth-order valence-electron chi connectivity index (χ4n) is 7.18. The van der Waals surface area contributed by atoms with Crippen LogP contribution in [0.3, 0.4) is 0 Å². The topological polar surface area (TPSA) is 37.3 Å². The first-order valence-corrected chi connectivity index (χ1v) is 20.7. The molecule has 2 nitrogen and oxygen atoms in total. The maximum absolute atomic E-state index is 9.00. The molecule has 294 valence electrons. The third kappa shape index (κ3) is 13.0. The van der Waals surface area contributed by atoms with Gasteiger partial charge < -0.3 is 5.11 Å². The number of carboxylic acid groups (broad SMARTS) is 1. The number of alkyl halides is 1. The average molecular weight is 791 g/mol. The summed E-state index contributed by atoms with van der Waals surface area (Å²) in [5.41, 5.74) is 16.7. The lowest BCUT2D eigenvalue weighted by molar-refractivity contribution is -0.134. The molecule has 0 bridgehead atoms. The van der Waals surface area contributed by atoms with Crippen LogP contribution in [0, 0.1) is 0 Å². The van der Waals surface area contributed by atoms with Crippen molar-refractivity contribution in [2.75, 3.05) is 0 Å². The van der Waals surface area contributed by atoms with Gasteiger partial charge in [0.05, 0.1) is 5.38 Å². The molecule has 0 fully saturated rings. The highest BCUT2D eigenvalue weighted by Gasteiger charge is 2.12. The van der Waals surface area contributed by atoms with Crippen molar-refractivity contribution < 1.29 is 9.90 Å². The summed E-state index contributed by atoms with van der Waals surface area (Å²) in [5.74, 6) is -0.833. The van der Waals surface area contributed by atoms with Gasteiger partial charge in [0.2, 0.25) is 0 Å². The van der Waals surface area contributed by atoms with Gasteiger partial charge >= 0.3 is 0 Å². The largest absolute Gasteiger partial charge is 0.481 e. The molecule has 1 atom stereocenters. The Bertz CT molecular complexity index is 2170. The zero-order valence-corrected chi connectivity index (χ0v) is 34.4. The lowest BCUT2D eigenvalue weighted by Crippen LogP contribution is -1.81. The Balaban J connectivity index is 0.000000117. The first-order valence-electron chi connectivity index (χ1n) is 20.3. The Morgan fingerprint density at radius 2 is 0.644 bits per heavy atom. The van der Waals surface area contributed by atoms with E-state index in [2.05, 4.69) is 200 Å². The summed E-state index contributed by atoms with van der Waals surface area (Å²) in [5, 5.41) is 7.51. The number of carboxylic acids is 1. The van der Waals surface area contributed by atoms with Crippen molar-refractivity contribution in [3.05, 3.63) is 249 Å². The van der Waals surface area contributed by atoms with Crippen LogP contribution in [0.25, 0.3) is 36.5 Å². The lowest BCUT2D eigenvalue weighted by atomic mass is 10.1. The molecule has 0 saturated carbocycles. The van der Waals surface area contributed by atoms with E-state index in [4.69, 9.17) is 21.5 Å². The minimum Gasteiger partial charge on any atom is -0.481 e. The monoisotopic (exact) mass is 790 g/mol. The molecule has 1 unspecified atom stereocenters. The summed E-state index contributed by atoms with van der Waals surface area (Å²) in [7, 11) is 0. The molecule has 6 aliphatic rings. The Morgan fingerprint density at radius 3 is 0.898 bits per heavy atom. The van der Waals surface area contributed by atoms with Gasteiger partial charge in [-0.2, -0.15) is 0 Å². The first kappa shape index (κ1) is 42.1. The van der Waals surface area contributed by atoms with E-state index in [0.717, 1.165) is 39.0 Å². The standard InChI is InChI=1S/C9H7Cl.5C9H8.C2H4O2/c10-9-6-5-7-3-1-2-4-8(7)9;5*1-2-5-9-7-3-6-8(9)4-1;1-2(3)4/h1-6,9H;5*1-6H,7H2;1H3,(H,3,4). The molecule has 0 spiro atoms. The first-order chi connectivity index (χ1) is 28.9. The van der Waals surface area contributed by atoms with Gasteiger partial charge in [0, 0.05) is 6.92 Å². The molecule has 59 heavy (non-hydrogen) atoms. The molecule has 3 heteroatoms. The molecule has 6 aromatic rings. The van der Waals surface area contributed by atoms with Gasteiger partial charge in [-0.3, -0.25) is 4.79 Å². The number of aliphatic carboxylic acids is 1. The van der Waals surface area contributed by atoms with Crippen molar-refractivity contribution in [1.29, 1.82) is 0 Å². The third-order valence-electron chi connectivity index (χ3n) is 10.2. The van der Waals surface area contributed by atoms with Gasteiger partial charge in [-0.05, 0) is 98.9 Å². The summed E-state index contributed by atoms with van der Waals surface area (Å²) < 4.78 is 0. The number of hydrogen-bond acceptors (Lipinski definition) is 1. The predicted molar refractivity (Wildman–Crippen MR) is 253 cm³/mol. The van der Waals surface area contributed by atoms with E-state index in [1.165, 1.54) is 66.8 Å². The van der Waals surface area contributed by atoms with Crippen LogP contribution in [0.2, 0.25) is 0 Å². The molecular formula is C56H51ClO2. The number of fused-ring (bicyclic) bond motifs is 6. The van der Waals surface area contributed by atoms with Crippen molar-refractivity contribution >= 4 is 54.0 Å². The van der Waals surface area contributed by atoms with E-state index in [0.29, 0.717) is 0 Å². The highest BCUT2D eigenvalue weighted by molar-refractivity contribution is 6.23. The second-order valence-electron chi connectivity index (χ2n) is 14.4. The third-order valence-corrected chi connectivity index (χ3v) is 10.6. The van der Waals surface area contributed by atoms with E-state index in [9.17, 15) is 0 Å². The summed E-state index contributed by atoms with van der Waals surface area (Å²) in [4.78, 5) is 9.00. The Morgan fingerprint density at radius 1 is 0.407 bits per heavy atom. The summed E-state index contributed by atoms with van der Waals surface area (Å²) in [6.07, 6.45) is 31.5. The lowest BCUT2D eigenvalue weighted by Gasteiger charge is -1.99. The minimum absolute atomic E-state index is 0.0937. The maximum Gasteiger partial charge on any atom is 0.300 e. The van der Waals surface area contributed by atoms with Gasteiger partial charge in [-0.15, -0.1) is 11.6 Å². The molecule has 0 aromatic heterocycles. The molecule has 0 aliphatic heterocycles. The van der Waals surface area contributed by atoms with Crippen molar-refractivity contribution in [2.24, 2.45) is 0 Å². The summed E-state index contributed by atoms with van der Waals surface area (Å²) >= 11 is 5.96. The number of hydrogen-bond donors (Lipinski definition) is 1. The van der Waals surface area contributed by atoms with E-state index >= 15 is 0 Å². The van der Waals surface area contributed by atoms with Crippen molar-refractivity contribution in [3.8, 4) is 0 Å². The van der Waals surface area contributed by atoms with Gasteiger partial charge in [-0.1, -0.05) is 219 Å². The van der Waals surface area contributed by atoms with Crippen molar-refractivity contribution in [3.63, 3.8) is 0 Å². The van der Waals surface area contributed by atoms with E-state index < -0.39 is 5.97 Å². The highest BCUT2D eigenvalue weighted by atomic mass is 35.5. The normalized spacial score (nSPS) is 14.5. The SMILES string of the molecule is C1=Cc2ccccc2C1.C1=Cc2ccccc2C1.C1=Cc2ccccc2C1.C1=Cc2ccccc2C1.C1=Cc2ccccc2C1.CC(=O)O.ClC1C=Cc2ccccc21. The van der Waals surface area contributed by atoms with Crippen molar-refractivity contribution in [2.45, 2.75) is 44.4 Å². The molecule has 12 rings (SSSR count). The minimum atomic E-state index is -0.833.